The molecule has 0 amide bonds. The molecule has 1 N–H and O–H groups in total. The second-order valence-corrected chi connectivity index (χ2v) is 6.41. The van der Waals surface area contributed by atoms with Gasteiger partial charge < -0.3 is 19.2 Å². The number of methoxy groups -OCH3 is 1. The fourth-order valence-corrected chi connectivity index (χ4v) is 3.10. The predicted octanol–water partition coefficient (Wildman–Crippen LogP) is 3.09. The molecule has 2 heterocycles. The number of rotatable bonds is 5. The lowest BCUT2D eigenvalue weighted by Gasteiger charge is -2.26. The number of esters is 1. The van der Waals surface area contributed by atoms with Crippen LogP contribution in [0.4, 0.5) is 0 Å². The lowest BCUT2D eigenvalue weighted by Crippen LogP contribution is -2.28. The van der Waals surface area contributed by atoms with Crippen LogP contribution in [0.2, 0.25) is 0 Å². The van der Waals surface area contributed by atoms with Crippen LogP contribution in [-0.4, -0.2) is 24.7 Å². The minimum atomic E-state index is -0.481. The second-order valence-electron chi connectivity index (χ2n) is 6.41. The van der Waals surface area contributed by atoms with Crippen LogP contribution in [0, 0.1) is 6.92 Å². The molecule has 1 aliphatic rings. The molecule has 1 aliphatic heterocycles. The number of benzene rings is 1. The summed E-state index contributed by atoms with van der Waals surface area (Å²) < 4.78 is 16.6. The summed E-state index contributed by atoms with van der Waals surface area (Å²) in [6, 6.07) is 7.08. The van der Waals surface area contributed by atoms with Gasteiger partial charge in [-0.1, -0.05) is 18.7 Å². The summed E-state index contributed by atoms with van der Waals surface area (Å²) in [5.74, 6) is 0.463. The van der Waals surface area contributed by atoms with Crippen molar-refractivity contribution in [2.45, 2.75) is 26.2 Å². The Labute approximate surface area is 151 Å². The van der Waals surface area contributed by atoms with E-state index in [1.165, 1.54) is 0 Å². The van der Waals surface area contributed by atoms with Crippen molar-refractivity contribution in [3.8, 4) is 17.2 Å². The monoisotopic (exact) mass is 355 g/mol. The third kappa shape index (κ3) is 3.35. The maximum atomic E-state index is 12.6. The van der Waals surface area contributed by atoms with Gasteiger partial charge >= 0.3 is 5.97 Å². The van der Waals surface area contributed by atoms with Gasteiger partial charge in [0, 0.05) is 23.2 Å². The molecule has 0 radical (unpaired) electrons. The van der Waals surface area contributed by atoms with Gasteiger partial charge in [-0.05, 0) is 25.5 Å². The Hall–Kier alpha value is -3.02. The smallest absolute Gasteiger partial charge is 0.312 e. The van der Waals surface area contributed by atoms with Crippen LogP contribution >= 0.6 is 0 Å². The standard InChI is InChI=1S/C20H21NO5/c1-11(2)10-25-19-13(6-5-7-15(19)24-4)14-9-17(22)26-16-8-12(3)21-20(23)18(14)16/h5-8,14H,1,9-10H2,2-4H3,(H,21,23). The summed E-state index contributed by atoms with van der Waals surface area (Å²) in [6.45, 7) is 7.75. The number of hydrogen-bond donors (Lipinski definition) is 1. The zero-order valence-electron chi connectivity index (χ0n) is 15.0. The van der Waals surface area contributed by atoms with E-state index in [2.05, 4.69) is 11.6 Å². The van der Waals surface area contributed by atoms with Crippen molar-refractivity contribution in [3.63, 3.8) is 0 Å². The first-order valence-corrected chi connectivity index (χ1v) is 8.29. The number of carbonyl (C=O) groups is 1. The van der Waals surface area contributed by atoms with Crippen molar-refractivity contribution in [2.24, 2.45) is 0 Å². The highest BCUT2D eigenvalue weighted by Gasteiger charge is 2.34. The molecule has 0 fully saturated rings. The van der Waals surface area contributed by atoms with Crippen LogP contribution in [0.1, 0.15) is 36.1 Å². The van der Waals surface area contributed by atoms with E-state index in [1.807, 2.05) is 19.1 Å². The number of ether oxygens (including phenoxy) is 3. The Bertz CT molecular complexity index is 928. The molecule has 136 valence electrons. The molecular formula is C20H21NO5. The van der Waals surface area contributed by atoms with Gasteiger partial charge in [0.25, 0.3) is 5.56 Å². The average Bonchev–Trinajstić information content (AvgIpc) is 2.58. The third-order valence-corrected chi connectivity index (χ3v) is 4.18. The van der Waals surface area contributed by atoms with Gasteiger partial charge in [0.15, 0.2) is 11.5 Å². The van der Waals surface area contributed by atoms with Crippen molar-refractivity contribution < 1.29 is 19.0 Å². The van der Waals surface area contributed by atoms with Crippen molar-refractivity contribution >= 4 is 5.97 Å². The maximum Gasteiger partial charge on any atom is 0.312 e. The summed E-state index contributed by atoms with van der Waals surface area (Å²) in [5, 5.41) is 0. The summed E-state index contributed by atoms with van der Waals surface area (Å²) in [6.07, 6.45) is 0.0513. The molecule has 1 unspecified atom stereocenters. The third-order valence-electron chi connectivity index (χ3n) is 4.18. The molecule has 2 aromatic rings. The van der Waals surface area contributed by atoms with Crippen molar-refractivity contribution in [2.75, 3.05) is 13.7 Å². The first kappa shape index (κ1) is 17.8. The first-order valence-electron chi connectivity index (χ1n) is 8.29. The minimum absolute atomic E-state index is 0.0513. The van der Waals surface area contributed by atoms with E-state index >= 15 is 0 Å². The van der Waals surface area contributed by atoms with Gasteiger partial charge in [0.2, 0.25) is 0 Å². The van der Waals surface area contributed by atoms with Crippen LogP contribution in [0.25, 0.3) is 0 Å². The molecule has 0 spiro atoms. The van der Waals surface area contributed by atoms with E-state index in [9.17, 15) is 9.59 Å². The van der Waals surface area contributed by atoms with E-state index in [1.54, 1.807) is 26.2 Å². The first-order chi connectivity index (χ1) is 12.4. The number of para-hydroxylation sites is 1. The van der Waals surface area contributed by atoms with Crippen molar-refractivity contribution in [1.29, 1.82) is 0 Å². The Balaban J connectivity index is 2.17. The molecule has 3 rings (SSSR count). The van der Waals surface area contributed by atoms with Crippen LogP contribution in [0.3, 0.4) is 0 Å². The fraction of sp³-hybridized carbons (Fsp3) is 0.300. The summed E-state index contributed by atoms with van der Waals surface area (Å²) in [5.41, 5.74) is 2.33. The highest BCUT2D eigenvalue weighted by molar-refractivity contribution is 5.78. The second kappa shape index (κ2) is 7.07. The van der Waals surface area contributed by atoms with Crippen LogP contribution in [0.15, 0.2) is 41.2 Å². The molecule has 1 atom stereocenters. The molecule has 0 bridgehead atoms. The SMILES string of the molecule is C=C(C)COc1c(OC)cccc1C1CC(=O)Oc2cc(C)[nH]c(=O)c21. The number of aromatic nitrogens is 1. The van der Waals surface area contributed by atoms with Crippen LogP contribution in [0.5, 0.6) is 17.2 Å². The van der Waals surface area contributed by atoms with E-state index in [0.717, 1.165) is 5.57 Å². The maximum absolute atomic E-state index is 12.6. The molecule has 6 heteroatoms. The molecule has 26 heavy (non-hydrogen) atoms. The number of carbonyl (C=O) groups excluding carboxylic acids is 1. The average molecular weight is 355 g/mol. The lowest BCUT2D eigenvalue weighted by molar-refractivity contribution is -0.135. The van der Waals surface area contributed by atoms with Gasteiger partial charge in [-0.25, -0.2) is 0 Å². The van der Waals surface area contributed by atoms with Crippen molar-refractivity contribution in [3.05, 3.63) is 63.6 Å². The van der Waals surface area contributed by atoms with Gasteiger partial charge in [0.05, 0.1) is 19.1 Å². The number of fused-ring (bicyclic) bond motifs is 1. The molecule has 1 aromatic carbocycles. The fourth-order valence-electron chi connectivity index (χ4n) is 3.10. The van der Waals surface area contributed by atoms with E-state index < -0.39 is 5.92 Å². The van der Waals surface area contributed by atoms with E-state index in [0.29, 0.717) is 40.7 Å². The topological polar surface area (TPSA) is 77.6 Å². The Kier molecular flexibility index (Phi) is 4.84. The van der Waals surface area contributed by atoms with E-state index in [4.69, 9.17) is 14.2 Å². The van der Waals surface area contributed by atoms with Crippen LogP contribution in [-0.2, 0) is 4.79 Å². The number of nitrogens with one attached hydrogen (secondary N) is 1. The highest BCUT2D eigenvalue weighted by Crippen LogP contribution is 2.43. The van der Waals surface area contributed by atoms with Gasteiger partial charge in [-0.2, -0.15) is 0 Å². The summed E-state index contributed by atoms with van der Waals surface area (Å²) in [7, 11) is 1.55. The molecule has 6 nitrogen and oxygen atoms in total. The molecule has 0 saturated heterocycles. The largest absolute Gasteiger partial charge is 0.493 e. The molecule has 1 aromatic heterocycles. The highest BCUT2D eigenvalue weighted by atomic mass is 16.5. The minimum Gasteiger partial charge on any atom is -0.493 e. The Morgan fingerprint density at radius 2 is 2.15 bits per heavy atom. The quantitative estimate of drug-likeness (QED) is 0.659. The van der Waals surface area contributed by atoms with Gasteiger partial charge in [-0.15, -0.1) is 0 Å². The zero-order valence-corrected chi connectivity index (χ0v) is 15.0. The summed E-state index contributed by atoms with van der Waals surface area (Å²) >= 11 is 0. The lowest BCUT2D eigenvalue weighted by atomic mass is 9.86. The number of pyridine rings is 1. The normalized spacial score (nSPS) is 15.8. The number of H-pyrrole nitrogens is 1. The molecule has 0 saturated carbocycles. The molecule has 0 aliphatic carbocycles. The number of hydrogen-bond acceptors (Lipinski definition) is 5. The zero-order chi connectivity index (χ0) is 18.8. The number of aromatic amines is 1. The summed E-state index contributed by atoms with van der Waals surface area (Å²) in [4.78, 5) is 27.5. The number of aryl methyl sites for hydroxylation is 1. The predicted molar refractivity (Wildman–Crippen MR) is 97.2 cm³/mol. The van der Waals surface area contributed by atoms with Crippen molar-refractivity contribution in [1.82, 2.24) is 4.98 Å². The van der Waals surface area contributed by atoms with Crippen LogP contribution < -0.4 is 19.8 Å². The van der Waals surface area contributed by atoms with Gasteiger partial charge in [-0.3, -0.25) is 9.59 Å². The molecular weight excluding hydrogens is 334 g/mol. The van der Waals surface area contributed by atoms with Gasteiger partial charge in [0.1, 0.15) is 12.4 Å². The Morgan fingerprint density at radius 3 is 2.85 bits per heavy atom. The van der Waals surface area contributed by atoms with E-state index in [-0.39, 0.29) is 17.9 Å². The Morgan fingerprint density at radius 1 is 1.38 bits per heavy atom.